The number of urea groups is 1. The van der Waals surface area contributed by atoms with E-state index in [2.05, 4.69) is 61.8 Å². The molecule has 5 aromatic rings. The Bertz CT molecular complexity index is 2020. The van der Waals surface area contributed by atoms with Crippen molar-refractivity contribution in [1.82, 2.24) is 25.4 Å². The lowest BCUT2D eigenvalue weighted by molar-refractivity contribution is -0.192. The number of nitrogens with zero attached hydrogens (tertiary/aromatic N) is 5. The lowest BCUT2D eigenvalue weighted by Crippen LogP contribution is -2.48. The van der Waals surface area contributed by atoms with Gasteiger partial charge >= 0.3 is 6.03 Å². The summed E-state index contributed by atoms with van der Waals surface area (Å²) < 4.78 is 48.5. The molecule has 14 heteroatoms. The Morgan fingerprint density at radius 1 is 0.893 bits per heavy atom. The average Bonchev–Trinajstić information content (AvgIpc) is 3.88. The fourth-order valence-corrected chi connectivity index (χ4v) is 7.08. The molecule has 2 saturated heterocycles. The van der Waals surface area contributed by atoms with Gasteiger partial charge in [-0.3, -0.25) is 0 Å². The molecule has 2 aliphatic rings. The lowest BCUT2D eigenvalue weighted by atomic mass is 10.0. The van der Waals surface area contributed by atoms with Gasteiger partial charge in [-0.15, -0.1) is 0 Å². The van der Waals surface area contributed by atoms with Gasteiger partial charge in [0.15, 0.2) is 0 Å². The minimum absolute atomic E-state index is 0.0301. The Morgan fingerprint density at radius 3 is 2.21 bits per heavy atom. The van der Waals surface area contributed by atoms with Crippen molar-refractivity contribution < 1.29 is 27.8 Å². The maximum atomic E-state index is 14.9. The number of carbonyl (C=O) groups excluding carboxylic acids is 1. The third-order valence-electron chi connectivity index (χ3n) is 10.4. The van der Waals surface area contributed by atoms with Gasteiger partial charge in [-0.05, 0) is 87.0 Å². The number of rotatable bonds is 14. The summed E-state index contributed by atoms with van der Waals surface area (Å²) in [4.78, 5) is 21.4. The summed E-state index contributed by atoms with van der Waals surface area (Å²) in [6, 6.07) is 29.4. The number of carbonyl (C=O) groups is 1. The Balaban J connectivity index is 0.851. The number of amides is 2. The van der Waals surface area contributed by atoms with Crippen LogP contribution in [0, 0.1) is 11.6 Å². The highest BCUT2D eigenvalue weighted by atomic mass is 19.1. The van der Waals surface area contributed by atoms with Crippen LogP contribution in [0.1, 0.15) is 37.9 Å². The number of hydrogen-bond donors (Lipinski definition) is 3. The van der Waals surface area contributed by atoms with Crippen LogP contribution < -0.4 is 30.5 Å². The molecule has 5 atom stereocenters. The molecule has 1 aromatic heterocycles. The summed E-state index contributed by atoms with van der Waals surface area (Å²) in [5.41, 5.74) is 4.21. The fourth-order valence-electron chi connectivity index (χ4n) is 7.08. The molecule has 56 heavy (non-hydrogen) atoms. The molecule has 12 nitrogen and oxygen atoms in total. The first-order chi connectivity index (χ1) is 27.1. The number of ether oxygens (including phenoxy) is 3. The maximum absolute atomic E-state index is 14.9. The molecule has 7 rings (SSSR count). The van der Waals surface area contributed by atoms with Crippen LogP contribution in [-0.4, -0.2) is 78.4 Å². The molecular formula is C42H48F2N8O4. The van der Waals surface area contributed by atoms with Crippen LogP contribution in [0.3, 0.4) is 0 Å². The summed E-state index contributed by atoms with van der Waals surface area (Å²) in [6.07, 6.45) is 2.34. The minimum atomic E-state index is -1.52. The molecule has 0 radical (unpaired) electrons. The van der Waals surface area contributed by atoms with E-state index in [1.54, 1.807) is 0 Å². The van der Waals surface area contributed by atoms with Gasteiger partial charge in [0.1, 0.15) is 49.3 Å². The molecule has 0 aliphatic carbocycles. The highest BCUT2D eigenvalue weighted by Gasteiger charge is 2.46. The van der Waals surface area contributed by atoms with Gasteiger partial charge in [0, 0.05) is 73.0 Å². The summed E-state index contributed by atoms with van der Waals surface area (Å²) in [6.45, 7) is 9.92. The zero-order valence-electron chi connectivity index (χ0n) is 31.8. The second-order valence-electron chi connectivity index (χ2n) is 14.3. The summed E-state index contributed by atoms with van der Waals surface area (Å²) in [7, 11) is 0. The van der Waals surface area contributed by atoms with Crippen LogP contribution in [0.25, 0.3) is 0 Å². The van der Waals surface area contributed by atoms with Gasteiger partial charge in [0.05, 0.1) is 6.61 Å². The Morgan fingerprint density at radius 2 is 1.57 bits per heavy atom. The van der Waals surface area contributed by atoms with Gasteiger partial charge in [-0.25, -0.2) is 23.2 Å². The zero-order chi connectivity index (χ0) is 39.1. The van der Waals surface area contributed by atoms with Gasteiger partial charge in [0.2, 0.25) is 5.79 Å². The molecule has 4 aromatic carbocycles. The second kappa shape index (κ2) is 17.5. The second-order valence-corrected chi connectivity index (χ2v) is 14.3. The molecule has 2 amide bonds. The van der Waals surface area contributed by atoms with Crippen molar-refractivity contribution in [3.05, 3.63) is 132 Å². The van der Waals surface area contributed by atoms with Crippen LogP contribution >= 0.6 is 0 Å². The van der Waals surface area contributed by atoms with Crippen molar-refractivity contribution in [2.45, 2.75) is 57.3 Å². The quantitative estimate of drug-likeness (QED) is 0.117. The predicted octanol–water partition coefficient (Wildman–Crippen LogP) is 6.48. The SMILES string of the molecule is CC(N[C@@H](C)[C@H](C)NC(=O)Nc1ccc(N2CCN(c3ccc(OC[C@@H]4COC(Cn5cncn5)(c5ccc(F)cc5F)O4)cc3)CC2)cc1)c1ccccc1. The number of piperazine rings is 1. The molecule has 294 valence electrons. The summed E-state index contributed by atoms with van der Waals surface area (Å²) in [5.74, 6) is -2.31. The van der Waals surface area contributed by atoms with Crippen molar-refractivity contribution in [1.29, 1.82) is 0 Å². The number of hydrogen-bond acceptors (Lipinski definition) is 9. The lowest BCUT2D eigenvalue weighted by Gasteiger charge is -2.37. The van der Waals surface area contributed by atoms with E-state index in [9.17, 15) is 13.6 Å². The van der Waals surface area contributed by atoms with E-state index >= 15 is 0 Å². The smallest absolute Gasteiger partial charge is 0.319 e. The van der Waals surface area contributed by atoms with Crippen LogP contribution in [0.4, 0.5) is 30.6 Å². The van der Waals surface area contributed by atoms with Crippen molar-refractivity contribution in [2.24, 2.45) is 0 Å². The van der Waals surface area contributed by atoms with Crippen molar-refractivity contribution in [3.8, 4) is 5.75 Å². The molecule has 0 bridgehead atoms. The normalized spacial score (nSPS) is 20.0. The third-order valence-corrected chi connectivity index (χ3v) is 10.4. The Kier molecular flexibility index (Phi) is 12.1. The molecule has 0 saturated carbocycles. The number of benzene rings is 4. The number of anilines is 3. The van der Waals surface area contributed by atoms with E-state index in [0.717, 1.165) is 49.3 Å². The monoisotopic (exact) mass is 766 g/mol. The van der Waals surface area contributed by atoms with Crippen molar-refractivity contribution in [2.75, 3.05) is 54.5 Å². The van der Waals surface area contributed by atoms with Crippen molar-refractivity contribution >= 4 is 23.1 Å². The van der Waals surface area contributed by atoms with E-state index in [0.29, 0.717) is 5.75 Å². The average molecular weight is 767 g/mol. The van der Waals surface area contributed by atoms with Crippen molar-refractivity contribution in [3.63, 3.8) is 0 Å². The van der Waals surface area contributed by atoms with Gasteiger partial charge < -0.3 is 40.0 Å². The van der Waals surface area contributed by atoms with Gasteiger partial charge in [0.25, 0.3) is 0 Å². The number of nitrogens with one attached hydrogen (secondary N) is 3. The number of halogens is 2. The van der Waals surface area contributed by atoms with E-state index in [4.69, 9.17) is 14.2 Å². The first-order valence-electron chi connectivity index (χ1n) is 19.0. The molecule has 3 N–H and O–H groups in total. The third kappa shape index (κ3) is 9.44. The van der Waals surface area contributed by atoms with Crippen LogP contribution in [0.15, 0.2) is 110 Å². The fraction of sp³-hybridized carbons (Fsp3) is 0.357. The van der Waals surface area contributed by atoms with Crippen LogP contribution in [0.5, 0.6) is 5.75 Å². The highest BCUT2D eigenvalue weighted by Crippen LogP contribution is 2.38. The van der Waals surface area contributed by atoms with E-state index < -0.39 is 23.5 Å². The Labute approximate surface area is 325 Å². The molecule has 2 fully saturated rings. The first kappa shape index (κ1) is 38.7. The zero-order valence-corrected chi connectivity index (χ0v) is 31.8. The van der Waals surface area contributed by atoms with Crippen LogP contribution in [0.2, 0.25) is 0 Å². The van der Waals surface area contributed by atoms with Gasteiger partial charge in [-0.1, -0.05) is 30.3 Å². The van der Waals surface area contributed by atoms with E-state index in [1.165, 1.54) is 35.0 Å². The topological polar surface area (TPSA) is 118 Å². The standard InChI is InChI=1S/C42H48F2N8O4/c1-29(47-31(3)32-7-5-4-6-8-32)30(2)48-41(53)49-34-10-12-35(13-11-34)50-19-21-51(22-20-50)36-14-16-37(17-15-36)54-24-38-25-55-42(56-38,26-52-28-45-27-46-52)39-18-9-33(43)23-40(39)44/h4-18,23,27-31,38,47H,19-22,24-26H2,1-3H3,(H2,48,49,53)/t29-,30-,31?,38+,42?/m0/s1. The summed E-state index contributed by atoms with van der Waals surface area (Å²) >= 11 is 0. The highest BCUT2D eigenvalue weighted by molar-refractivity contribution is 5.89. The number of aromatic nitrogens is 3. The largest absolute Gasteiger partial charge is 0.491 e. The Hall–Kier alpha value is -5.57. The van der Waals surface area contributed by atoms with E-state index in [1.807, 2.05) is 73.7 Å². The predicted molar refractivity (Wildman–Crippen MR) is 211 cm³/mol. The molecular weight excluding hydrogens is 719 g/mol. The molecule has 2 unspecified atom stereocenters. The minimum Gasteiger partial charge on any atom is -0.491 e. The molecule has 3 heterocycles. The molecule has 0 spiro atoms. The van der Waals surface area contributed by atoms with Crippen LogP contribution in [-0.2, 0) is 21.8 Å². The molecule has 2 aliphatic heterocycles. The van der Waals surface area contributed by atoms with Gasteiger partial charge in [-0.2, -0.15) is 5.10 Å². The van der Waals surface area contributed by atoms with E-state index in [-0.39, 0.29) is 49.5 Å². The first-order valence-corrected chi connectivity index (χ1v) is 19.0. The maximum Gasteiger partial charge on any atom is 0.319 e. The summed E-state index contributed by atoms with van der Waals surface area (Å²) in [5, 5.41) is 13.7.